The van der Waals surface area contributed by atoms with Crippen LogP contribution in [0.25, 0.3) is 10.9 Å². The SMILES string of the molecule is O=C(O)c1ccc(C2CC2)c2c1cnn2Cc1ccc(C(F)(F)F)cc1. The zero-order valence-corrected chi connectivity index (χ0v) is 13.6. The van der Waals surface area contributed by atoms with Crippen molar-refractivity contribution >= 4 is 16.9 Å². The average molecular weight is 360 g/mol. The summed E-state index contributed by atoms with van der Waals surface area (Å²) in [6, 6.07) is 8.37. The summed E-state index contributed by atoms with van der Waals surface area (Å²) in [6.07, 6.45) is -0.749. The lowest BCUT2D eigenvalue weighted by molar-refractivity contribution is -0.137. The minimum atomic E-state index is -4.37. The lowest BCUT2D eigenvalue weighted by Gasteiger charge is -2.11. The molecule has 1 aliphatic rings. The van der Waals surface area contributed by atoms with Crippen LogP contribution in [0.15, 0.2) is 42.6 Å². The van der Waals surface area contributed by atoms with Crippen molar-refractivity contribution in [1.29, 1.82) is 0 Å². The molecule has 1 heterocycles. The molecule has 0 saturated heterocycles. The molecule has 4 nitrogen and oxygen atoms in total. The maximum absolute atomic E-state index is 12.7. The fourth-order valence-corrected chi connectivity index (χ4v) is 3.23. The molecule has 0 unspecified atom stereocenters. The highest BCUT2D eigenvalue weighted by Crippen LogP contribution is 2.43. The van der Waals surface area contributed by atoms with Crippen LogP contribution in [-0.4, -0.2) is 20.9 Å². The van der Waals surface area contributed by atoms with Gasteiger partial charge in [0.25, 0.3) is 0 Å². The van der Waals surface area contributed by atoms with Gasteiger partial charge < -0.3 is 5.11 Å². The third kappa shape index (κ3) is 2.94. The summed E-state index contributed by atoms with van der Waals surface area (Å²) in [4.78, 5) is 11.5. The number of fused-ring (bicyclic) bond motifs is 1. The number of carboxylic acids is 1. The largest absolute Gasteiger partial charge is 0.478 e. The molecule has 1 aliphatic carbocycles. The minimum absolute atomic E-state index is 0.183. The second-order valence-corrected chi connectivity index (χ2v) is 6.54. The van der Waals surface area contributed by atoms with E-state index in [1.54, 1.807) is 10.7 Å². The Hall–Kier alpha value is -2.83. The highest BCUT2D eigenvalue weighted by atomic mass is 19.4. The number of hydrogen-bond acceptors (Lipinski definition) is 2. The van der Waals surface area contributed by atoms with Crippen molar-refractivity contribution < 1.29 is 23.1 Å². The van der Waals surface area contributed by atoms with Crippen LogP contribution in [-0.2, 0) is 12.7 Å². The third-order valence-corrected chi connectivity index (χ3v) is 4.69. The zero-order valence-electron chi connectivity index (χ0n) is 13.6. The molecule has 1 N–H and O–H groups in total. The van der Waals surface area contributed by atoms with Crippen molar-refractivity contribution in [2.75, 3.05) is 0 Å². The van der Waals surface area contributed by atoms with Gasteiger partial charge in [0.2, 0.25) is 0 Å². The Kier molecular flexibility index (Phi) is 3.75. The van der Waals surface area contributed by atoms with Crippen molar-refractivity contribution in [2.24, 2.45) is 0 Å². The number of carboxylic acid groups (broad SMARTS) is 1. The van der Waals surface area contributed by atoms with E-state index in [-0.39, 0.29) is 12.1 Å². The smallest absolute Gasteiger partial charge is 0.416 e. The molecule has 1 aromatic heterocycles. The molecule has 0 aliphatic heterocycles. The number of hydrogen-bond donors (Lipinski definition) is 1. The van der Waals surface area contributed by atoms with Gasteiger partial charge in [-0.3, -0.25) is 4.68 Å². The molecule has 1 fully saturated rings. The Morgan fingerprint density at radius 2 is 1.85 bits per heavy atom. The van der Waals surface area contributed by atoms with Gasteiger partial charge in [-0.2, -0.15) is 18.3 Å². The standard InChI is InChI=1S/C19H15F3N2O2/c20-19(21,22)13-5-1-11(2-6-13)10-24-17-14(12-3-4-12)7-8-15(18(25)26)16(17)9-23-24/h1-2,5-9,12H,3-4,10H2,(H,25,26). The first kappa shape index (κ1) is 16.6. The van der Waals surface area contributed by atoms with Crippen LogP contribution in [0, 0.1) is 0 Å². The molecule has 26 heavy (non-hydrogen) atoms. The summed E-state index contributed by atoms with van der Waals surface area (Å²) in [5.41, 5.74) is 1.97. The number of nitrogens with zero attached hydrogens (tertiary/aromatic N) is 2. The molecule has 7 heteroatoms. The second-order valence-electron chi connectivity index (χ2n) is 6.54. The molecule has 4 rings (SSSR count). The summed E-state index contributed by atoms with van der Waals surface area (Å²) >= 11 is 0. The summed E-state index contributed by atoms with van der Waals surface area (Å²) in [7, 11) is 0. The molecule has 2 aromatic carbocycles. The molecule has 0 amide bonds. The van der Waals surface area contributed by atoms with Gasteiger partial charge >= 0.3 is 12.1 Å². The Balaban J connectivity index is 1.75. The molecule has 1 saturated carbocycles. The predicted molar refractivity (Wildman–Crippen MR) is 89.2 cm³/mol. The molecule has 3 aromatic rings. The number of aromatic carboxylic acids is 1. The van der Waals surface area contributed by atoms with Gasteiger partial charge in [0.1, 0.15) is 0 Å². The van der Waals surface area contributed by atoms with Gasteiger partial charge in [0.05, 0.1) is 29.4 Å². The van der Waals surface area contributed by atoms with Gasteiger partial charge in [0, 0.05) is 5.39 Å². The van der Waals surface area contributed by atoms with Crippen molar-refractivity contribution in [1.82, 2.24) is 9.78 Å². The Bertz CT molecular complexity index is 986. The lowest BCUT2D eigenvalue weighted by Crippen LogP contribution is -2.07. The normalized spacial score (nSPS) is 14.7. The first-order chi connectivity index (χ1) is 12.3. The van der Waals surface area contributed by atoms with Crippen LogP contribution in [0.3, 0.4) is 0 Å². The van der Waals surface area contributed by atoms with Crippen LogP contribution in [0.5, 0.6) is 0 Å². The molecular formula is C19H15F3N2O2. The van der Waals surface area contributed by atoms with Crippen molar-refractivity contribution in [3.63, 3.8) is 0 Å². The summed E-state index contributed by atoms with van der Waals surface area (Å²) in [6.45, 7) is 0.282. The van der Waals surface area contributed by atoms with Crippen LogP contribution in [0.4, 0.5) is 13.2 Å². The molecular weight excluding hydrogens is 345 g/mol. The fraction of sp³-hybridized carbons (Fsp3) is 0.263. The van der Waals surface area contributed by atoms with E-state index in [2.05, 4.69) is 5.10 Å². The van der Waals surface area contributed by atoms with Crippen LogP contribution >= 0.6 is 0 Å². The average Bonchev–Trinajstić information content (AvgIpc) is 3.35. The van der Waals surface area contributed by atoms with Crippen molar-refractivity contribution in [3.8, 4) is 0 Å². The maximum atomic E-state index is 12.7. The summed E-state index contributed by atoms with van der Waals surface area (Å²) in [5.74, 6) is -0.630. The highest BCUT2D eigenvalue weighted by Gasteiger charge is 2.30. The Morgan fingerprint density at radius 3 is 2.42 bits per heavy atom. The Labute approximate surface area is 146 Å². The lowest BCUT2D eigenvalue weighted by atomic mass is 10.0. The topological polar surface area (TPSA) is 55.1 Å². The third-order valence-electron chi connectivity index (χ3n) is 4.69. The van der Waals surface area contributed by atoms with Crippen LogP contribution in [0.2, 0.25) is 0 Å². The fourth-order valence-electron chi connectivity index (χ4n) is 3.23. The van der Waals surface area contributed by atoms with Gasteiger partial charge in [0.15, 0.2) is 0 Å². The van der Waals surface area contributed by atoms with Crippen LogP contribution in [0.1, 0.15) is 45.8 Å². The zero-order chi connectivity index (χ0) is 18.5. The van der Waals surface area contributed by atoms with E-state index >= 15 is 0 Å². The summed E-state index contributed by atoms with van der Waals surface area (Å²) in [5, 5.41) is 14.3. The number of benzene rings is 2. The minimum Gasteiger partial charge on any atom is -0.478 e. The van der Waals surface area contributed by atoms with E-state index in [4.69, 9.17) is 0 Å². The monoisotopic (exact) mass is 360 g/mol. The van der Waals surface area contributed by atoms with Crippen LogP contribution < -0.4 is 0 Å². The van der Waals surface area contributed by atoms with Crippen molar-refractivity contribution in [2.45, 2.75) is 31.5 Å². The van der Waals surface area contributed by atoms with Crippen molar-refractivity contribution in [3.05, 3.63) is 64.8 Å². The molecule has 0 bridgehead atoms. The van der Waals surface area contributed by atoms with E-state index in [1.165, 1.54) is 18.3 Å². The molecule has 0 radical (unpaired) electrons. The van der Waals surface area contributed by atoms with E-state index in [0.717, 1.165) is 36.1 Å². The van der Waals surface area contributed by atoms with E-state index in [1.807, 2.05) is 6.07 Å². The number of aromatic nitrogens is 2. The van der Waals surface area contributed by atoms with E-state index in [9.17, 15) is 23.1 Å². The number of rotatable bonds is 4. The molecule has 0 atom stereocenters. The molecule has 134 valence electrons. The first-order valence-corrected chi connectivity index (χ1v) is 8.22. The maximum Gasteiger partial charge on any atom is 0.416 e. The number of alkyl halides is 3. The van der Waals surface area contributed by atoms with Gasteiger partial charge in [-0.1, -0.05) is 18.2 Å². The number of halogens is 3. The summed E-state index contributed by atoms with van der Waals surface area (Å²) < 4.78 is 39.8. The van der Waals surface area contributed by atoms with E-state index in [0.29, 0.717) is 16.9 Å². The van der Waals surface area contributed by atoms with Gasteiger partial charge in [-0.15, -0.1) is 0 Å². The first-order valence-electron chi connectivity index (χ1n) is 8.22. The predicted octanol–water partition coefficient (Wildman–Crippen LogP) is 4.68. The van der Waals surface area contributed by atoms with Gasteiger partial charge in [-0.05, 0) is 48.1 Å². The molecule has 0 spiro atoms. The number of carbonyl (C=O) groups is 1. The Morgan fingerprint density at radius 1 is 1.15 bits per heavy atom. The highest BCUT2D eigenvalue weighted by molar-refractivity contribution is 6.03. The quantitative estimate of drug-likeness (QED) is 0.735. The second kappa shape index (κ2) is 5.86. The van der Waals surface area contributed by atoms with E-state index < -0.39 is 17.7 Å². The van der Waals surface area contributed by atoms with Gasteiger partial charge in [-0.25, -0.2) is 4.79 Å².